The quantitative estimate of drug-likeness (QED) is 0.0560. The lowest BCUT2D eigenvalue weighted by Crippen LogP contribution is -2.59. The molecular weight excluding hydrogens is 2120 g/mol. The number of nitrogens with zero attached hydrogens (tertiary/aromatic N) is 11. The van der Waals surface area contributed by atoms with Gasteiger partial charge in [-0.15, -0.1) is 0 Å². The van der Waals surface area contributed by atoms with Gasteiger partial charge < -0.3 is 90.8 Å². The molecule has 5 unspecified atom stereocenters. The summed E-state index contributed by atoms with van der Waals surface area (Å²) >= 11 is 20.5. The van der Waals surface area contributed by atoms with Crippen LogP contribution in [0, 0.1) is 11.3 Å². The lowest BCUT2D eigenvalue weighted by Gasteiger charge is -2.49. The topological polar surface area (TPSA) is 459 Å². The molecular formula is C100H116Br4N18O18S2. The molecule has 42 heteroatoms. The van der Waals surface area contributed by atoms with Crippen LogP contribution in [0.3, 0.4) is 0 Å². The highest BCUT2D eigenvalue weighted by Gasteiger charge is 2.65. The third-order valence-corrected chi connectivity index (χ3v) is 32.0. The zero-order valence-electron chi connectivity index (χ0n) is 79.9. The molecule has 7 fully saturated rings. The first-order chi connectivity index (χ1) is 66.8. The van der Waals surface area contributed by atoms with E-state index in [1.807, 2.05) is 150 Å². The number of benzene rings is 6. The minimum atomic E-state index is -1.18. The van der Waals surface area contributed by atoms with E-state index in [0.717, 1.165) is 52.8 Å². The summed E-state index contributed by atoms with van der Waals surface area (Å²) in [4.78, 5) is 163. The Morgan fingerprint density at radius 2 is 0.782 bits per heavy atom. The molecule has 10 spiro atoms. The van der Waals surface area contributed by atoms with E-state index >= 15 is 0 Å². The van der Waals surface area contributed by atoms with Gasteiger partial charge in [-0.2, -0.15) is 5.26 Å². The number of aliphatic hydroxyl groups excluding tert-OH is 1. The molecule has 142 heavy (non-hydrogen) atoms. The number of likely N-dealkylation sites (tertiary alicyclic amines) is 5. The SMILES string of the molecule is C.CC(=O)N1CCC2(CC1)CC1(N=C(N)N(C)C1=O)c1cc(-c3cccc(C#N)c3)ccc1O2.CC(=O)N1CCC2(CC1)CC1(N=C(N)N(C)C1=O)c1cc(Br)ccc1O2.CC(=O)N1CCC2(CC1)CC1(NC(=S)NC1=O)c1cc(Br)ccc1O2.CC(C)(C)OC(=O)N1CCC2(CC1)CC1(NC(=O)NC1=O)c1cc(Br)ccc1O2.CO.CSC1=NC2(CC3(CCN(C(C)=O)CC3)Oc3ccc(Br)cc32)C(=O)N1. The summed E-state index contributed by atoms with van der Waals surface area (Å²) in [6.45, 7) is 17.6. The Morgan fingerprint density at radius 1 is 0.451 bits per heavy atom. The molecule has 7 saturated heterocycles. The fraction of sp³-hybridized carbons (Fsp3) is 0.480. The number of imide groups is 1. The molecule has 10 N–H and O–H groups in total. The first-order valence-corrected chi connectivity index (χ1v) is 51.3. The molecule has 36 nitrogen and oxygen atoms in total. The van der Waals surface area contributed by atoms with E-state index in [1.165, 1.54) is 21.6 Å². The van der Waals surface area contributed by atoms with Crippen LogP contribution >= 0.6 is 87.7 Å². The summed E-state index contributed by atoms with van der Waals surface area (Å²) in [5.41, 5.74) is 9.44. The number of carbonyl (C=O) groups is 11. The van der Waals surface area contributed by atoms with Gasteiger partial charge in [-0.3, -0.25) is 58.3 Å². The number of fused-ring (bicyclic) bond motifs is 10. The van der Waals surface area contributed by atoms with E-state index in [1.54, 1.807) is 58.8 Å². The summed E-state index contributed by atoms with van der Waals surface area (Å²) in [5, 5.41) is 31.3. The van der Waals surface area contributed by atoms with Gasteiger partial charge in [0.15, 0.2) is 49.9 Å². The van der Waals surface area contributed by atoms with Crippen LogP contribution in [-0.4, -0.2) is 253 Å². The highest BCUT2D eigenvalue weighted by atomic mass is 79.9. The minimum Gasteiger partial charge on any atom is -0.487 e. The maximum Gasteiger partial charge on any atom is 0.410 e. The molecule has 6 aromatic carbocycles. The van der Waals surface area contributed by atoms with Crippen LogP contribution in [0.5, 0.6) is 28.7 Å². The predicted octanol–water partition coefficient (Wildman–Crippen LogP) is 11.7. The number of hydrogen-bond donors (Lipinski definition) is 8. The molecule has 21 rings (SSSR count). The second kappa shape index (κ2) is 39.9. The molecule has 0 aliphatic carbocycles. The van der Waals surface area contributed by atoms with Gasteiger partial charge in [0.05, 0.1) is 11.6 Å². The molecule has 0 bridgehead atoms. The lowest BCUT2D eigenvalue weighted by atomic mass is 9.72. The Labute approximate surface area is 866 Å². The van der Waals surface area contributed by atoms with Gasteiger partial charge in [0.2, 0.25) is 23.6 Å². The van der Waals surface area contributed by atoms with Crippen molar-refractivity contribution in [1.29, 1.82) is 5.26 Å². The number of thiocarbonyl (C=S) groups is 1. The standard InChI is InChI=1S/C25H25N5O3.C20H24BrN3O5.C18H21BrN4O3.C18H20BrN3O3S.C17H18BrN3O3S.CH4O.CH4/c1-16(31)30-10-8-24(9-11-30)15-25(22(32)29(2)23(27)28-25)20-13-19(6-7-21(20)33-24)18-5-3-4-17(12-18)14-26;1-18(2,3)29-17(27)24-8-6-19(7-9-24)11-20(15(25)22-16(26)23-20)13-10-12(21)4-5-14(13)28-19;1-11(24)23-7-5-17(6-8-23)10-18(15(25)22(2)16(20)21-18)13-9-12(19)3-4-14(13)26-17;1-11(23)22-7-5-17(6-8-22)10-18(15(24)20-16(21-18)26-2)13-9-12(19)3-4-14(13)25-17;1-10(22)21-6-4-16(5-7-21)9-17(14(23)19-15(25)20-17)12-8-11(18)2-3-13(12)24-16;1-2;/h3-7,12-13H,8-11,15H2,1-2H3,(H2,27,28);4-5,10H,6-9,11H2,1-3H3,(H2,22,23,25,26);3-4,9H,5-8,10H2,1-2H3,(H2,20,21);3-4,9H,5-8,10H2,1-2H3,(H,20,21,24);2-3,8H,4-7,9H2,1H3,(H2,19,20,23,25);2H,1H3;1H4. The fourth-order valence-corrected chi connectivity index (χ4v) is 24.1. The zero-order chi connectivity index (χ0) is 101. The van der Waals surface area contributed by atoms with Gasteiger partial charge in [-0.1, -0.05) is 101 Å². The van der Waals surface area contributed by atoms with Crippen molar-refractivity contribution in [2.45, 2.75) is 214 Å². The number of amidine groups is 1. The van der Waals surface area contributed by atoms with E-state index in [4.69, 9.17) is 67.2 Å². The van der Waals surface area contributed by atoms with Gasteiger partial charge in [-0.25, -0.2) is 24.6 Å². The van der Waals surface area contributed by atoms with Crippen molar-refractivity contribution in [2.24, 2.45) is 26.4 Å². The number of likely N-dealkylation sites (N-methyl/N-ethyl adjacent to an activating group) is 2. The van der Waals surface area contributed by atoms with Crippen LogP contribution < -0.4 is 61.7 Å². The molecule has 754 valence electrons. The van der Waals surface area contributed by atoms with Gasteiger partial charge in [0, 0.05) is 256 Å². The molecule has 5 atom stereocenters. The minimum absolute atomic E-state index is 0. The number of rotatable bonds is 1. The molecule has 15 heterocycles. The molecule has 0 radical (unpaired) electrons. The number of nitrogens with two attached hydrogens (primary N) is 2. The van der Waals surface area contributed by atoms with Crippen molar-refractivity contribution < 1.29 is 86.3 Å². The highest BCUT2D eigenvalue weighted by Crippen LogP contribution is 2.58. The fourth-order valence-electron chi connectivity index (χ4n) is 21.9. The van der Waals surface area contributed by atoms with Crippen LogP contribution in [0.2, 0.25) is 0 Å². The number of amides is 12. The Hall–Kier alpha value is -11.5. The van der Waals surface area contributed by atoms with E-state index < -0.39 is 67.3 Å². The average Bonchev–Trinajstić information content (AvgIpc) is 1.53. The Kier molecular flexibility index (Phi) is 29.5. The van der Waals surface area contributed by atoms with Gasteiger partial charge in [0.1, 0.15) is 62.4 Å². The molecule has 15 aliphatic heterocycles. The molecule has 15 aliphatic rings. The number of urea groups is 1. The van der Waals surface area contributed by atoms with Crippen LogP contribution in [0.25, 0.3) is 11.1 Å². The molecule has 0 aromatic heterocycles. The number of hydrogen-bond acceptors (Lipinski definition) is 26. The summed E-state index contributed by atoms with van der Waals surface area (Å²) < 4.78 is 41.1. The van der Waals surface area contributed by atoms with Gasteiger partial charge in [0.25, 0.3) is 29.5 Å². The summed E-state index contributed by atoms with van der Waals surface area (Å²) in [7, 11) is 4.28. The first-order valence-electron chi connectivity index (χ1n) is 46.5. The Morgan fingerprint density at radius 3 is 1.11 bits per heavy atom. The molecule has 0 saturated carbocycles. The second-order valence-electron chi connectivity index (χ2n) is 39.2. The van der Waals surface area contributed by atoms with Crippen molar-refractivity contribution >= 4 is 175 Å². The Bertz CT molecular complexity index is 6290. The first kappa shape index (κ1) is 105. The third-order valence-electron chi connectivity index (χ3n) is 29.3. The number of piperidine rings is 5. The van der Waals surface area contributed by atoms with Crippen LogP contribution in [0.4, 0.5) is 9.59 Å². The molecule has 6 aromatic rings. The van der Waals surface area contributed by atoms with Crippen molar-refractivity contribution in [1.82, 2.24) is 60.9 Å². The number of halogens is 4. The summed E-state index contributed by atoms with van der Waals surface area (Å²) in [5.74, 6) is 2.97. The van der Waals surface area contributed by atoms with E-state index in [-0.39, 0.29) is 78.6 Å². The second-order valence-corrected chi connectivity index (χ2v) is 44.1. The number of ether oxygens (including phenoxy) is 6. The van der Waals surface area contributed by atoms with Crippen LogP contribution in [-0.2, 0) is 75.6 Å². The number of guanidine groups is 2. The maximum atomic E-state index is 13.6. The van der Waals surface area contributed by atoms with E-state index in [0.29, 0.717) is 217 Å². The van der Waals surface area contributed by atoms with Crippen molar-refractivity contribution in [3.05, 3.63) is 167 Å². The number of thioether (sulfide) groups is 1. The molecule has 12 amide bonds. The number of aliphatic imine (C=N–C) groups is 3. The average molecular weight is 2240 g/mol. The van der Waals surface area contributed by atoms with E-state index in [9.17, 15) is 58.0 Å². The smallest absolute Gasteiger partial charge is 0.410 e. The largest absolute Gasteiger partial charge is 0.487 e. The van der Waals surface area contributed by atoms with Crippen LogP contribution in [0.15, 0.2) is 148 Å². The predicted molar refractivity (Wildman–Crippen MR) is 548 cm³/mol. The van der Waals surface area contributed by atoms with Crippen molar-refractivity contribution in [3.8, 4) is 45.9 Å². The number of carbonyl (C=O) groups excluding carboxylic acids is 11. The number of aliphatic hydroxyl groups is 1. The van der Waals surface area contributed by atoms with Crippen molar-refractivity contribution in [3.63, 3.8) is 0 Å². The Balaban J connectivity index is 0.000000133. The normalized spacial score (nSPS) is 25.0. The summed E-state index contributed by atoms with van der Waals surface area (Å²) in [6.07, 6.45) is 10.0. The van der Waals surface area contributed by atoms with Crippen LogP contribution in [0.1, 0.15) is 186 Å². The highest BCUT2D eigenvalue weighted by molar-refractivity contribution is 9.11. The van der Waals surface area contributed by atoms with Crippen molar-refractivity contribution in [2.75, 3.05) is 92.9 Å². The summed E-state index contributed by atoms with van der Waals surface area (Å²) in [6, 6.07) is 37.3. The maximum absolute atomic E-state index is 13.6. The number of nitrogens with one attached hydrogen (secondary N) is 5. The third kappa shape index (κ3) is 19.8. The van der Waals surface area contributed by atoms with E-state index in [2.05, 4.69) is 101 Å². The monoisotopic (exact) mass is 2240 g/mol. The zero-order valence-corrected chi connectivity index (χ0v) is 87.9. The number of nitriles is 1. The van der Waals surface area contributed by atoms with Gasteiger partial charge in [-0.05, 0) is 147 Å². The lowest BCUT2D eigenvalue weighted by molar-refractivity contribution is -0.139. The van der Waals surface area contributed by atoms with Gasteiger partial charge >= 0.3 is 12.1 Å².